The van der Waals surface area contributed by atoms with Crippen LogP contribution in [-0.2, 0) is 5.41 Å². The highest BCUT2D eigenvalue weighted by molar-refractivity contribution is 7.25. The van der Waals surface area contributed by atoms with Crippen LogP contribution < -0.4 is 4.90 Å². The first-order valence-corrected chi connectivity index (χ1v) is 24.1. The summed E-state index contributed by atoms with van der Waals surface area (Å²) in [5, 5.41) is 7.20. The number of rotatable bonds is 7. The Morgan fingerprint density at radius 1 is 0.382 bits per heavy atom. The maximum atomic E-state index is 6.63. The Hall–Kier alpha value is -8.50. The number of hydrogen-bond donors (Lipinski definition) is 0. The standard InChI is InChI=1S/C65H41NOS/c1-3-16-46(17-4-1)65(47-18-5-2-6-19-47)56-24-11-9-22-54(56)63-57(65)25-14-26-58(63)66(48-35-29-42(30-36-48)45-34-39-53-52-21-10-12-28-60(52)68-61(53)41-45)49-37-31-44(32-38-49)50-23-13-27-59-62(50)55-40-33-43-15-7-8-20-51(43)64(55)67-59/h1-41H. The van der Waals surface area contributed by atoms with Crippen LogP contribution in [0.5, 0.6) is 0 Å². The number of furan rings is 1. The zero-order valence-electron chi connectivity index (χ0n) is 36.9. The largest absolute Gasteiger partial charge is 0.455 e. The minimum Gasteiger partial charge on any atom is -0.455 e. The molecule has 0 radical (unpaired) electrons. The van der Waals surface area contributed by atoms with Crippen LogP contribution in [0.3, 0.4) is 0 Å². The molecule has 1 aliphatic carbocycles. The SMILES string of the molecule is c1ccc(C2(c3ccccc3)c3ccccc3-c3c(N(c4ccc(-c5ccc6c(c5)sc5ccccc56)cc4)c4ccc(-c5cccc6oc7c8ccccc8ccc7c56)cc4)cccc32)cc1. The Morgan fingerprint density at radius 2 is 0.971 bits per heavy atom. The normalized spacial score (nSPS) is 12.8. The van der Waals surface area contributed by atoms with Crippen molar-refractivity contribution in [2.75, 3.05) is 4.90 Å². The Bertz CT molecular complexity index is 4030. The van der Waals surface area contributed by atoms with E-state index in [2.05, 4.69) is 254 Å². The van der Waals surface area contributed by atoms with Crippen LogP contribution in [0.1, 0.15) is 22.3 Å². The minimum absolute atomic E-state index is 0.521. The number of fused-ring (bicyclic) bond motifs is 11. The molecule has 68 heavy (non-hydrogen) atoms. The van der Waals surface area contributed by atoms with Gasteiger partial charge in [0.15, 0.2) is 0 Å². The van der Waals surface area contributed by atoms with Crippen LogP contribution in [0, 0.1) is 0 Å². The second kappa shape index (κ2) is 15.3. The Kier molecular flexibility index (Phi) is 8.71. The van der Waals surface area contributed by atoms with Gasteiger partial charge in [-0.3, -0.25) is 0 Å². The summed E-state index contributed by atoms with van der Waals surface area (Å²) in [5.41, 5.74) is 16.8. The van der Waals surface area contributed by atoms with Crippen LogP contribution in [-0.4, -0.2) is 0 Å². The molecule has 0 saturated carbocycles. The predicted molar refractivity (Wildman–Crippen MR) is 287 cm³/mol. The first-order chi connectivity index (χ1) is 33.7. The number of nitrogens with zero attached hydrogens (tertiary/aromatic N) is 1. The lowest BCUT2D eigenvalue weighted by molar-refractivity contribution is 0.673. The van der Waals surface area contributed by atoms with Gasteiger partial charge in [-0.05, 0) is 110 Å². The number of anilines is 3. The van der Waals surface area contributed by atoms with Crippen molar-refractivity contribution < 1.29 is 4.42 Å². The van der Waals surface area contributed by atoms with Gasteiger partial charge in [-0.25, -0.2) is 0 Å². The van der Waals surface area contributed by atoms with Crippen LogP contribution in [0.15, 0.2) is 253 Å². The molecule has 2 aromatic heterocycles. The lowest BCUT2D eigenvalue weighted by Gasteiger charge is -2.34. The van der Waals surface area contributed by atoms with Gasteiger partial charge in [-0.15, -0.1) is 11.3 Å². The fourth-order valence-electron chi connectivity index (χ4n) is 11.4. The third kappa shape index (κ3) is 5.76. The van der Waals surface area contributed by atoms with Gasteiger partial charge < -0.3 is 9.32 Å². The monoisotopic (exact) mass is 883 g/mol. The van der Waals surface area contributed by atoms with Crippen molar-refractivity contribution in [3.63, 3.8) is 0 Å². The van der Waals surface area contributed by atoms with Crippen LogP contribution >= 0.6 is 11.3 Å². The molecule has 0 unspecified atom stereocenters. The third-order valence-corrected chi connectivity index (χ3v) is 15.5. The first-order valence-electron chi connectivity index (χ1n) is 23.3. The summed E-state index contributed by atoms with van der Waals surface area (Å²) in [6, 6.07) is 91.3. The maximum absolute atomic E-state index is 6.63. The molecule has 0 saturated heterocycles. The Labute approximate surface area is 398 Å². The highest BCUT2D eigenvalue weighted by atomic mass is 32.1. The van der Waals surface area contributed by atoms with Crippen LogP contribution in [0.25, 0.3) is 86.3 Å². The number of benzene rings is 11. The lowest BCUT2D eigenvalue weighted by atomic mass is 9.68. The molecule has 2 nitrogen and oxygen atoms in total. The van der Waals surface area contributed by atoms with Crippen molar-refractivity contribution in [3.8, 4) is 33.4 Å². The maximum Gasteiger partial charge on any atom is 0.143 e. The van der Waals surface area contributed by atoms with Crippen molar-refractivity contribution in [2.45, 2.75) is 5.41 Å². The summed E-state index contributed by atoms with van der Waals surface area (Å²) in [7, 11) is 0. The minimum atomic E-state index is -0.521. The van der Waals surface area contributed by atoms with E-state index in [0.29, 0.717) is 0 Å². The van der Waals surface area contributed by atoms with E-state index in [1.54, 1.807) is 0 Å². The summed E-state index contributed by atoms with van der Waals surface area (Å²) in [6.07, 6.45) is 0. The quantitative estimate of drug-likeness (QED) is 0.159. The molecule has 1 aliphatic rings. The van der Waals surface area contributed by atoms with E-state index in [9.17, 15) is 0 Å². The average Bonchev–Trinajstić information content (AvgIpc) is 4.08. The van der Waals surface area contributed by atoms with E-state index in [4.69, 9.17) is 4.42 Å². The van der Waals surface area contributed by atoms with Gasteiger partial charge in [0.1, 0.15) is 11.2 Å². The molecule has 3 heteroatoms. The fraction of sp³-hybridized carbons (Fsp3) is 0.0154. The average molecular weight is 884 g/mol. The molecule has 0 bridgehead atoms. The smallest absolute Gasteiger partial charge is 0.143 e. The second-order valence-corrected chi connectivity index (χ2v) is 19.0. The van der Waals surface area contributed by atoms with E-state index in [0.717, 1.165) is 55.5 Å². The molecular formula is C65H41NOS. The molecule has 0 aliphatic heterocycles. The molecule has 2 heterocycles. The lowest BCUT2D eigenvalue weighted by Crippen LogP contribution is -2.28. The van der Waals surface area contributed by atoms with Gasteiger partial charge in [0.25, 0.3) is 0 Å². The van der Waals surface area contributed by atoms with Crippen LogP contribution in [0.4, 0.5) is 17.1 Å². The van der Waals surface area contributed by atoms with Gasteiger partial charge in [0.2, 0.25) is 0 Å². The molecule has 13 aromatic rings. The molecule has 0 spiro atoms. The summed E-state index contributed by atoms with van der Waals surface area (Å²) >= 11 is 1.86. The number of thiophene rings is 1. The fourth-order valence-corrected chi connectivity index (χ4v) is 12.5. The zero-order chi connectivity index (χ0) is 44.8. The van der Waals surface area contributed by atoms with Crippen LogP contribution in [0.2, 0.25) is 0 Å². The van der Waals surface area contributed by atoms with Crippen molar-refractivity contribution in [2.24, 2.45) is 0 Å². The van der Waals surface area contributed by atoms with Gasteiger partial charge in [-0.1, -0.05) is 194 Å². The molecule has 11 aromatic carbocycles. The summed E-state index contributed by atoms with van der Waals surface area (Å²) < 4.78 is 9.25. The van der Waals surface area contributed by atoms with Crippen molar-refractivity contribution in [1.29, 1.82) is 0 Å². The molecule has 0 N–H and O–H groups in total. The third-order valence-electron chi connectivity index (χ3n) is 14.4. The summed E-state index contributed by atoms with van der Waals surface area (Å²) in [6.45, 7) is 0. The van der Waals surface area contributed by atoms with Crippen molar-refractivity contribution in [3.05, 3.63) is 271 Å². The molecule has 0 amide bonds. The zero-order valence-corrected chi connectivity index (χ0v) is 37.8. The van der Waals surface area contributed by atoms with Gasteiger partial charge in [-0.2, -0.15) is 0 Å². The summed E-state index contributed by atoms with van der Waals surface area (Å²) in [5.74, 6) is 0. The van der Waals surface area contributed by atoms with Gasteiger partial charge >= 0.3 is 0 Å². The highest BCUT2D eigenvalue weighted by Gasteiger charge is 2.47. The molecule has 0 fully saturated rings. The second-order valence-electron chi connectivity index (χ2n) is 17.9. The Balaban J connectivity index is 0.957. The van der Waals surface area contributed by atoms with E-state index >= 15 is 0 Å². The topological polar surface area (TPSA) is 16.4 Å². The van der Waals surface area contributed by atoms with E-state index in [1.807, 2.05) is 11.3 Å². The first kappa shape index (κ1) is 38.7. The Morgan fingerprint density at radius 3 is 1.75 bits per heavy atom. The van der Waals surface area contributed by atoms with E-state index in [-0.39, 0.29) is 0 Å². The van der Waals surface area contributed by atoms with Gasteiger partial charge in [0, 0.05) is 53.3 Å². The highest BCUT2D eigenvalue weighted by Crippen LogP contribution is 2.59. The van der Waals surface area contributed by atoms with Crippen molar-refractivity contribution >= 4 is 81.3 Å². The van der Waals surface area contributed by atoms with Crippen molar-refractivity contribution in [1.82, 2.24) is 0 Å². The molecule has 0 atom stereocenters. The molecular weight excluding hydrogens is 843 g/mol. The number of hydrogen-bond acceptors (Lipinski definition) is 3. The van der Waals surface area contributed by atoms with E-state index < -0.39 is 5.41 Å². The van der Waals surface area contributed by atoms with E-state index in [1.165, 1.54) is 70.1 Å². The summed E-state index contributed by atoms with van der Waals surface area (Å²) in [4.78, 5) is 2.46. The predicted octanol–water partition coefficient (Wildman–Crippen LogP) is 18.3. The van der Waals surface area contributed by atoms with Gasteiger partial charge in [0.05, 0.1) is 11.1 Å². The molecule has 14 rings (SSSR count). The molecule has 318 valence electrons.